The first-order chi connectivity index (χ1) is 8.33. The Morgan fingerprint density at radius 1 is 1.39 bits per heavy atom. The van der Waals surface area contributed by atoms with Crippen LogP contribution in [-0.4, -0.2) is 26.2 Å². The minimum atomic E-state index is -3.75. The Bertz CT molecular complexity index is 527. The highest BCUT2D eigenvalue weighted by Crippen LogP contribution is 2.30. The summed E-state index contributed by atoms with van der Waals surface area (Å²) < 4.78 is 26.6. The number of sulfonamides is 1. The lowest BCUT2D eigenvalue weighted by Gasteiger charge is -2.16. The van der Waals surface area contributed by atoms with Gasteiger partial charge in [-0.1, -0.05) is 30.1 Å². The average molecular weight is 312 g/mol. The fraction of sp³-hybridized carbons (Fsp3) is 0.455. The summed E-state index contributed by atoms with van der Waals surface area (Å²) >= 11 is 11.8. The number of hydrogen-bond acceptors (Lipinski definition) is 3. The fourth-order valence-corrected chi connectivity index (χ4v) is 3.50. The third-order valence-corrected chi connectivity index (χ3v) is 5.18. The summed E-state index contributed by atoms with van der Waals surface area (Å²) in [6.45, 7) is 3.16. The van der Waals surface area contributed by atoms with Gasteiger partial charge in [-0.2, -0.15) is 0 Å². The normalized spacial score (nSPS) is 13.6. The first-order valence-corrected chi connectivity index (χ1v) is 7.65. The third kappa shape index (κ3) is 3.36. The van der Waals surface area contributed by atoms with Crippen LogP contribution >= 0.6 is 23.2 Å². The number of rotatable bonds is 5. The van der Waals surface area contributed by atoms with Crippen molar-refractivity contribution in [2.24, 2.45) is 0 Å². The van der Waals surface area contributed by atoms with Gasteiger partial charge in [0.05, 0.1) is 11.6 Å². The molecule has 0 heterocycles. The van der Waals surface area contributed by atoms with Gasteiger partial charge in [-0.3, -0.25) is 0 Å². The van der Waals surface area contributed by atoms with Crippen molar-refractivity contribution in [1.82, 2.24) is 4.72 Å². The molecule has 0 amide bonds. The van der Waals surface area contributed by atoms with Gasteiger partial charge in [-0.15, -0.1) is 0 Å². The van der Waals surface area contributed by atoms with Gasteiger partial charge in [-0.25, -0.2) is 13.1 Å². The predicted molar refractivity (Wildman–Crippen MR) is 72.7 cm³/mol. The van der Waals surface area contributed by atoms with Crippen LogP contribution < -0.4 is 4.72 Å². The van der Waals surface area contributed by atoms with Crippen molar-refractivity contribution in [2.45, 2.75) is 31.2 Å². The van der Waals surface area contributed by atoms with Crippen molar-refractivity contribution in [1.29, 1.82) is 0 Å². The topological polar surface area (TPSA) is 66.4 Å². The molecule has 2 N–H and O–H groups in total. The standard InChI is InChI=1S/C11H15Cl2NO3S/c1-3-8(6-15)14-18(16,17)10-5-4-9(12)7(2)11(10)13/h4-5,8,14-15H,3,6H2,1-2H3. The largest absolute Gasteiger partial charge is 0.395 e. The molecule has 0 fully saturated rings. The molecule has 7 heteroatoms. The second kappa shape index (κ2) is 6.21. The quantitative estimate of drug-likeness (QED) is 0.877. The van der Waals surface area contributed by atoms with E-state index in [-0.39, 0.29) is 16.5 Å². The summed E-state index contributed by atoms with van der Waals surface area (Å²) in [6, 6.07) is 2.31. The smallest absolute Gasteiger partial charge is 0.242 e. The number of benzene rings is 1. The number of nitrogens with one attached hydrogen (secondary N) is 1. The van der Waals surface area contributed by atoms with E-state index in [9.17, 15) is 8.42 Å². The summed E-state index contributed by atoms with van der Waals surface area (Å²) in [5.41, 5.74) is 0.512. The fourth-order valence-electron chi connectivity index (χ4n) is 1.38. The minimum Gasteiger partial charge on any atom is -0.395 e. The molecule has 1 aromatic rings. The van der Waals surface area contributed by atoms with Crippen molar-refractivity contribution < 1.29 is 13.5 Å². The lowest BCUT2D eigenvalue weighted by atomic mass is 10.2. The highest BCUT2D eigenvalue weighted by atomic mass is 35.5. The molecule has 0 spiro atoms. The Kier molecular flexibility index (Phi) is 5.43. The third-order valence-electron chi connectivity index (χ3n) is 2.61. The summed E-state index contributed by atoms with van der Waals surface area (Å²) in [6.07, 6.45) is 0.486. The Balaban J connectivity index is 3.17. The number of halogens is 2. The van der Waals surface area contributed by atoms with E-state index in [1.165, 1.54) is 12.1 Å². The van der Waals surface area contributed by atoms with E-state index < -0.39 is 16.1 Å². The van der Waals surface area contributed by atoms with E-state index in [0.717, 1.165) is 0 Å². The van der Waals surface area contributed by atoms with Gasteiger partial charge in [0, 0.05) is 11.1 Å². The molecule has 0 saturated heterocycles. The Morgan fingerprint density at radius 3 is 2.50 bits per heavy atom. The maximum absolute atomic E-state index is 12.1. The Hall–Kier alpha value is -0.330. The maximum Gasteiger partial charge on any atom is 0.242 e. The van der Waals surface area contributed by atoms with Crippen molar-refractivity contribution >= 4 is 33.2 Å². The first-order valence-electron chi connectivity index (χ1n) is 5.41. The Morgan fingerprint density at radius 2 is 2.00 bits per heavy atom. The zero-order valence-electron chi connectivity index (χ0n) is 10.1. The molecule has 0 aromatic heterocycles. The van der Waals surface area contributed by atoms with E-state index in [2.05, 4.69) is 4.72 Å². The van der Waals surface area contributed by atoms with Gasteiger partial charge in [0.25, 0.3) is 0 Å². The molecule has 1 aromatic carbocycles. The molecule has 1 atom stereocenters. The molecule has 1 rings (SSSR count). The Labute approximate surface area is 117 Å². The van der Waals surface area contributed by atoms with Crippen LogP contribution in [0.5, 0.6) is 0 Å². The number of aliphatic hydroxyl groups is 1. The van der Waals surface area contributed by atoms with Gasteiger partial charge in [0.2, 0.25) is 10.0 Å². The van der Waals surface area contributed by atoms with Gasteiger partial charge in [-0.05, 0) is 31.0 Å². The molecule has 0 aliphatic rings. The van der Waals surface area contributed by atoms with Crippen molar-refractivity contribution in [3.05, 3.63) is 27.7 Å². The zero-order valence-corrected chi connectivity index (χ0v) is 12.4. The van der Waals surface area contributed by atoms with Gasteiger partial charge in [0.15, 0.2) is 0 Å². The molecular weight excluding hydrogens is 297 g/mol. The van der Waals surface area contributed by atoms with Crippen LogP contribution in [0.15, 0.2) is 17.0 Å². The van der Waals surface area contributed by atoms with Crippen molar-refractivity contribution in [2.75, 3.05) is 6.61 Å². The molecule has 0 bridgehead atoms. The zero-order chi connectivity index (χ0) is 13.9. The van der Waals surface area contributed by atoms with Crippen LogP contribution in [0.4, 0.5) is 0 Å². The van der Waals surface area contributed by atoms with E-state index in [1.54, 1.807) is 13.8 Å². The summed E-state index contributed by atoms with van der Waals surface area (Å²) in [7, 11) is -3.75. The molecule has 18 heavy (non-hydrogen) atoms. The van der Waals surface area contributed by atoms with E-state index in [0.29, 0.717) is 17.0 Å². The predicted octanol–water partition coefficient (Wildman–Crippen LogP) is 2.35. The lowest BCUT2D eigenvalue weighted by Crippen LogP contribution is -2.37. The second-order valence-electron chi connectivity index (χ2n) is 3.89. The van der Waals surface area contributed by atoms with Crippen LogP contribution in [0.2, 0.25) is 10.0 Å². The van der Waals surface area contributed by atoms with Gasteiger partial charge >= 0.3 is 0 Å². The monoisotopic (exact) mass is 311 g/mol. The van der Waals surface area contributed by atoms with Crippen LogP contribution in [0, 0.1) is 6.92 Å². The molecule has 0 radical (unpaired) electrons. The van der Waals surface area contributed by atoms with Crippen LogP contribution in [-0.2, 0) is 10.0 Å². The molecular formula is C11H15Cl2NO3S. The molecule has 4 nitrogen and oxygen atoms in total. The maximum atomic E-state index is 12.1. The molecule has 0 saturated carbocycles. The SMILES string of the molecule is CCC(CO)NS(=O)(=O)c1ccc(Cl)c(C)c1Cl. The van der Waals surface area contributed by atoms with Gasteiger partial charge < -0.3 is 5.11 Å². The van der Waals surface area contributed by atoms with E-state index in [4.69, 9.17) is 28.3 Å². The molecule has 0 aliphatic heterocycles. The van der Waals surface area contributed by atoms with E-state index >= 15 is 0 Å². The molecule has 0 aliphatic carbocycles. The molecule has 1 unspecified atom stereocenters. The number of hydrogen-bond donors (Lipinski definition) is 2. The minimum absolute atomic E-state index is 0.0297. The number of aliphatic hydroxyl groups excluding tert-OH is 1. The molecule has 102 valence electrons. The van der Waals surface area contributed by atoms with Crippen LogP contribution in [0.3, 0.4) is 0 Å². The highest BCUT2D eigenvalue weighted by Gasteiger charge is 2.22. The van der Waals surface area contributed by atoms with E-state index in [1.807, 2.05) is 0 Å². The highest BCUT2D eigenvalue weighted by molar-refractivity contribution is 7.89. The first kappa shape index (κ1) is 15.7. The van der Waals surface area contributed by atoms with Crippen LogP contribution in [0.25, 0.3) is 0 Å². The summed E-state index contributed by atoms with van der Waals surface area (Å²) in [5, 5.41) is 9.53. The van der Waals surface area contributed by atoms with Gasteiger partial charge in [0.1, 0.15) is 4.90 Å². The summed E-state index contributed by atoms with van der Waals surface area (Å²) in [5.74, 6) is 0. The second-order valence-corrected chi connectivity index (χ2v) is 6.36. The summed E-state index contributed by atoms with van der Waals surface area (Å²) in [4.78, 5) is -0.0297. The average Bonchev–Trinajstić information content (AvgIpc) is 2.32. The van der Waals surface area contributed by atoms with Crippen LogP contribution in [0.1, 0.15) is 18.9 Å². The van der Waals surface area contributed by atoms with Crippen molar-refractivity contribution in [3.8, 4) is 0 Å². The lowest BCUT2D eigenvalue weighted by molar-refractivity contribution is 0.254. The van der Waals surface area contributed by atoms with Crippen molar-refractivity contribution in [3.63, 3.8) is 0 Å².